The predicted octanol–water partition coefficient (Wildman–Crippen LogP) is -0.765. The molecule has 0 unspecified atom stereocenters. The van der Waals surface area contributed by atoms with Crippen LogP contribution >= 0.6 is 0 Å². The predicted molar refractivity (Wildman–Crippen MR) is 42.4 cm³/mol. The van der Waals surface area contributed by atoms with Crippen molar-refractivity contribution in [2.75, 3.05) is 20.2 Å². The van der Waals surface area contributed by atoms with Crippen molar-refractivity contribution in [3.8, 4) is 0 Å². The number of likely N-dealkylation sites (N-methyl/N-ethyl adjacent to an activating group) is 1. The molecule has 0 aliphatic carbocycles. The zero-order chi connectivity index (χ0) is 10.3. The van der Waals surface area contributed by atoms with E-state index in [1.54, 1.807) is 0 Å². The van der Waals surface area contributed by atoms with Crippen LogP contribution in [0.2, 0.25) is 0 Å². The lowest BCUT2D eigenvalue weighted by Crippen LogP contribution is -2.35. The topological polar surface area (TPSA) is 64.9 Å². The van der Waals surface area contributed by atoms with Crippen molar-refractivity contribution in [1.82, 2.24) is 10.3 Å². The van der Waals surface area contributed by atoms with Crippen LogP contribution in [0, 0.1) is 0 Å². The van der Waals surface area contributed by atoms with E-state index >= 15 is 0 Å². The molecule has 0 saturated carbocycles. The normalized spacial score (nSPS) is 11.6. The van der Waals surface area contributed by atoms with E-state index in [9.17, 15) is 13.6 Å². The molecule has 13 heavy (non-hydrogen) atoms. The first kappa shape index (κ1) is 11.8. The molecule has 0 radical (unpaired) electrons. The molecule has 7 heteroatoms. The number of carbonyl (C=O) groups is 1. The van der Waals surface area contributed by atoms with Crippen LogP contribution in [-0.4, -0.2) is 48.9 Å². The molecule has 0 saturated heterocycles. The number of hydrogen-bond donors (Lipinski definition) is 2. The van der Waals surface area contributed by atoms with Crippen LogP contribution in [0.25, 0.3) is 0 Å². The van der Waals surface area contributed by atoms with E-state index in [0.29, 0.717) is 0 Å². The molecular formula is C6H11F2N3O2. The van der Waals surface area contributed by atoms with Gasteiger partial charge in [0.25, 0.3) is 6.43 Å². The van der Waals surface area contributed by atoms with Crippen molar-refractivity contribution in [3.63, 3.8) is 0 Å². The SMILES string of the molecule is CN(CC(F)F)/C(CO)=N\NC=O. The lowest BCUT2D eigenvalue weighted by molar-refractivity contribution is -0.109. The molecule has 0 spiro atoms. The summed E-state index contributed by atoms with van der Waals surface area (Å²) in [7, 11) is 1.34. The molecule has 0 aromatic heterocycles. The number of carbonyl (C=O) groups excluding carboxylic acids is 1. The van der Waals surface area contributed by atoms with Gasteiger partial charge < -0.3 is 10.0 Å². The summed E-state index contributed by atoms with van der Waals surface area (Å²) in [6.07, 6.45) is -2.23. The van der Waals surface area contributed by atoms with Gasteiger partial charge in [-0.15, -0.1) is 0 Å². The number of amidine groups is 1. The van der Waals surface area contributed by atoms with Gasteiger partial charge in [0.15, 0.2) is 5.84 Å². The molecule has 0 atom stereocenters. The van der Waals surface area contributed by atoms with Crippen LogP contribution in [0.3, 0.4) is 0 Å². The highest BCUT2D eigenvalue weighted by Crippen LogP contribution is 1.96. The van der Waals surface area contributed by atoms with Gasteiger partial charge in [0, 0.05) is 7.05 Å². The van der Waals surface area contributed by atoms with Gasteiger partial charge in [-0.25, -0.2) is 14.2 Å². The van der Waals surface area contributed by atoms with Crippen LogP contribution in [0.5, 0.6) is 0 Å². The first-order valence-electron chi connectivity index (χ1n) is 3.47. The molecule has 0 aliphatic rings. The number of amides is 1. The van der Waals surface area contributed by atoms with E-state index in [-0.39, 0.29) is 12.2 Å². The number of hydrogen-bond acceptors (Lipinski definition) is 3. The molecule has 0 rings (SSSR count). The Balaban J connectivity index is 4.13. The number of nitrogens with one attached hydrogen (secondary N) is 1. The van der Waals surface area contributed by atoms with Gasteiger partial charge in [0.05, 0.1) is 6.54 Å². The summed E-state index contributed by atoms with van der Waals surface area (Å²) in [5, 5.41) is 12.0. The highest BCUT2D eigenvalue weighted by atomic mass is 19.3. The summed E-state index contributed by atoms with van der Waals surface area (Å²) in [6, 6.07) is 0. The van der Waals surface area contributed by atoms with E-state index in [1.807, 2.05) is 5.43 Å². The summed E-state index contributed by atoms with van der Waals surface area (Å²) in [4.78, 5) is 10.9. The zero-order valence-electron chi connectivity index (χ0n) is 7.07. The number of aliphatic hydroxyl groups excluding tert-OH is 1. The molecule has 1 amide bonds. The summed E-state index contributed by atoms with van der Waals surface area (Å²) < 4.78 is 23.7. The molecule has 0 heterocycles. The zero-order valence-corrected chi connectivity index (χ0v) is 7.07. The first-order chi connectivity index (χ1) is 6.11. The number of alkyl halides is 2. The fourth-order valence-electron chi connectivity index (χ4n) is 0.655. The third kappa shape index (κ3) is 5.07. The molecule has 0 aliphatic heterocycles. The second-order valence-electron chi connectivity index (χ2n) is 2.20. The lowest BCUT2D eigenvalue weighted by atomic mass is 10.5. The Kier molecular flexibility index (Phi) is 5.69. The van der Waals surface area contributed by atoms with E-state index in [0.717, 1.165) is 4.90 Å². The molecular weight excluding hydrogens is 184 g/mol. The molecule has 5 nitrogen and oxygen atoms in total. The monoisotopic (exact) mass is 195 g/mol. The molecule has 0 bridgehead atoms. The quantitative estimate of drug-likeness (QED) is 0.262. The van der Waals surface area contributed by atoms with E-state index in [2.05, 4.69) is 5.10 Å². The third-order valence-electron chi connectivity index (χ3n) is 1.24. The minimum Gasteiger partial charge on any atom is -0.388 e. The molecule has 0 fully saturated rings. The number of halogens is 2. The standard InChI is InChI=1S/C6H11F2N3O2/c1-11(2-5(7)8)6(3-12)10-9-4-13/h4-5,12H,2-3H2,1H3,(H,9,13)/b10-6-. The van der Waals surface area contributed by atoms with Crippen LogP contribution in [0.4, 0.5) is 8.78 Å². The van der Waals surface area contributed by atoms with Crippen molar-refractivity contribution < 1.29 is 18.7 Å². The van der Waals surface area contributed by atoms with Crippen molar-refractivity contribution in [2.45, 2.75) is 6.43 Å². The Hall–Kier alpha value is -1.24. The van der Waals surface area contributed by atoms with Crippen molar-refractivity contribution in [3.05, 3.63) is 0 Å². The number of hydrazone groups is 1. The number of nitrogens with zero attached hydrogens (tertiary/aromatic N) is 2. The van der Waals surface area contributed by atoms with Crippen LogP contribution < -0.4 is 5.43 Å². The van der Waals surface area contributed by atoms with Crippen molar-refractivity contribution >= 4 is 12.2 Å². The van der Waals surface area contributed by atoms with Gasteiger partial charge in [0.1, 0.15) is 6.61 Å². The summed E-state index contributed by atoms with van der Waals surface area (Å²) in [6.45, 7) is -1.05. The van der Waals surface area contributed by atoms with Crippen molar-refractivity contribution in [2.24, 2.45) is 5.10 Å². The Morgan fingerprint density at radius 3 is 2.77 bits per heavy atom. The van der Waals surface area contributed by atoms with Crippen molar-refractivity contribution in [1.29, 1.82) is 0 Å². The average Bonchev–Trinajstić information content (AvgIpc) is 2.04. The molecule has 0 aromatic rings. The molecule has 76 valence electrons. The second-order valence-corrected chi connectivity index (χ2v) is 2.20. The maximum absolute atomic E-state index is 11.8. The summed E-state index contributed by atoms with van der Waals surface area (Å²) >= 11 is 0. The van der Waals surface area contributed by atoms with Gasteiger partial charge in [-0.1, -0.05) is 0 Å². The Bertz CT molecular complexity index is 187. The molecule has 2 N–H and O–H groups in total. The van der Waals surface area contributed by atoms with E-state index in [1.165, 1.54) is 7.05 Å². The minimum atomic E-state index is -2.52. The van der Waals surface area contributed by atoms with Crippen LogP contribution in [0.1, 0.15) is 0 Å². The first-order valence-corrected chi connectivity index (χ1v) is 3.47. The summed E-state index contributed by atoms with van der Waals surface area (Å²) in [5.74, 6) is -0.0209. The fraction of sp³-hybridized carbons (Fsp3) is 0.667. The lowest BCUT2D eigenvalue weighted by Gasteiger charge is -2.18. The highest BCUT2D eigenvalue weighted by Gasteiger charge is 2.11. The van der Waals surface area contributed by atoms with Gasteiger partial charge in [-0.3, -0.25) is 4.79 Å². The van der Waals surface area contributed by atoms with E-state index < -0.39 is 19.6 Å². The average molecular weight is 195 g/mol. The van der Waals surface area contributed by atoms with E-state index in [4.69, 9.17) is 5.11 Å². The van der Waals surface area contributed by atoms with Crippen LogP contribution in [0.15, 0.2) is 5.10 Å². The Labute approximate surface area is 74.0 Å². The maximum Gasteiger partial charge on any atom is 0.255 e. The van der Waals surface area contributed by atoms with Gasteiger partial charge in [-0.05, 0) is 0 Å². The van der Waals surface area contributed by atoms with Gasteiger partial charge >= 0.3 is 0 Å². The Morgan fingerprint density at radius 2 is 2.38 bits per heavy atom. The third-order valence-corrected chi connectivity index (χ3v) is 1.24. The van der Waals surface area contributed by atoms with Gasteiger partial charge in [0.2, 0.25) is 6.41 Å². The largest absolute Gasteiger partial charge is 0.388 e. The second kappa shape index (κ2) is 6.30. The van der Waals surface area contributed by atoms with Crippen LogP contribution in [-0.2, 0) is 4.79 Å². The van der Waals surface area contributed by atoms with Gasteiger partial charge in [-0.2, -0.15) is 5.10 Å². The minimum absolute atomic E-state index is 0.0209. The highest BCUT2D eigenvalue weighted by molar-refractivity contribution is 5.83. The molecule has 0 aromatic carbocycles. The number of rotatable bonds is 5. The smallest absolute Gasteiger partial charge is 0.255 e. The fourth-order valence-corrected chi connectivity index (χ4v) is 0.655. The Morgan fingerprint density at radius 1 is 1.77 bits per heavy atom. The maximum atomic E-state index is 11.8. The summed E-state index contributed by atoms with van der Waals surface area (Å²) in [5.41, 5.74) is 1.91. The number of aliphatic hydroxyl groups is 1.